The molecule has 94 valence electrons. The van der Waals surface area contributed by atoms with Crippen LogP contribution in [-0.2, 0) is 0 Å². The third-order valence-corrected chi connectivity index (χ3v) is 3.76. The number of aromatic nitrogens is 1. The fourth-order valence-corrected chi connectivity index (χ4v) is 2.74. The van der Waals surface area contributed by atoms with E-state index < -0.39 is 0 Å². The number of ether oxygens (including phenoxy) is 1. The summed E-state index contributed by atoms with van der Waals surface area (Å²) < 4.78 is 5.29. The molecule has 0 unspecified atom stereocenters. The van der Waals surface area contributed by atoms with E-state index in [1.807, 2.05) is 6.20 Å². The van der Waals surface area contributed by atoms with E-state index in [4.69, 9.17) is 4.74 Å². The van der Waals surface area contributed by atoms with Gasteiger partial charge in [0.05, 0.1) is 7.11 Å². The molecule has 1 aliphatic rings. The first-order valence-electron chi connectivity index (χ1n) is 6.52. The van der Waals surface area contributed by atoms with E-state index in [-0.39, 0.29) is 0 Å². The van der Waals surface area contributed by atoms with Gasteiger partial charge in [0, 0.05) is 11.6 Å². The predicted molar refractivity (Wildman–Crippen MR) is 73.1 cm³/mol. The van der Waals surface area contributed by atoms with E-state index in [0.29, 0.717) is 11.8 Å². The van der Waals surface area contributed by atoms with Crippen molar-refractivity contribution >= 4 is 10.8 Å². The zero-order valence-corrected chi connectivity index (χ0v) is 10.6. The molecule has 0 aliphatic carbocycles. The third-order valence-electron chi connectivity index (χ3n) is 3.76. The lowest BCUT2D eigenvalue weighted by atomic mass is 9.89. The lowest BCUT2D eigenvalue weighted by Gasteiger charge is -2.23. The highest BCUT2D eigenvalue weighted by Crippen LogP contribution is 2.30. The maximum Gasteiger partial charge on any atom is 0.221 e. The van der Waals surface area contributed by atoms with Crippen LogP contribution in [0.5, 0.6) is 5.88 Å². The minimum atomic E-state index is 0.690. The Morgan fingerprint density at radius 3 is 2.83 bits per heavy atom. The van der Waals surface area contributed by atoms with Gasteiger partial charge in [-0.05, 0) is 54.9 Å². The van der Waals surface area contributed by atoms with Crippen LogP contribution in [0.4, 0.5) is 0 Å². The predicted octanol–water partition coefficient (Wildman–Crippen LogP) is 2.71. The van der Waals surface area contributed by atoms with Gasteiger partial charge in [0.1, 0.15) is 0 Å². The summed E-state index contributed by atoms with van der Waals surface area (Å²) in [5.74, 6) is 1.40. The Kier molecular flexibility index (Phi) is 3.15. The molecule has 0 saturated carbocycles. The fourth-order valence-electron chi connectivity index (χ4n) is 2.74. The Morgan fingerprint density at radius 2 is 2.06 bits per heavy atom. The number of piperidine rings is 1. The van der Waals surface area contributed by atoms with Crippen LogP contribution in [0.2, 0.25) is 0 Å². The Balaban J connectivity index is 2.00. The smallest absolute Gasteiger partial charge is 0.221 e. The first-order valence-corrected chi connectivity index (χ1v) is 6.52. The number of fused-ring (bicyclic) bond motifs is 1. The molecule has 0 atom stereocenters. The van der Waals surface area contributed by atoms with Crippen molar-refractivity contribution in [2.75, 3.05) is 20.2 Å². The van der Waals surface area contributed by atoms with Gasteiger partial charge in [-0.1, -0.05) is 12.1 Å². The Hall–Kier alpha value is -1.61. The molecule has 3 heteroatoms. The van der Waals surface area contributed by atoms with E-state index in [0.717, 1.165) is 18.5 Å². The van der Waals surface area contributed by atoms with Gasteiger partial charge in [0.15, 0.2) is 0 Å². The highest BCUT2D eigenvalue weighted by atomic mass is 16.5. The number of rotatable bonds is 2. The van der Waals surface area contributed by atoms with E-state index in [1.54, 1.807) is 7.11 Å². The summed E-state index contributed by atoms with van der Waals surface area (Å²) in [6, 6.07) is 8.71. The van der Waals surface area contributed by atoms with Gasteiger partial charge in [-0.2, -0.15) is 0 Å². The molecule has 2 aromatic rings. The number of benzene rings is 1. The van der Waals surface area contributed by atoms with Crippen molar-refractivity contribution in [1.82, 2.24) is 10.3 Å². The molecule has 1 aromatic carbocycles. The molecule has 0 bridgehead atoms. The number of nitrogens with zero attached hydrogens (tertiary/aromatic N) is 1. The van der Waals surface area contributed by atoms with Crippen LogP contribution in [0.15, 0.2) is 30.5 Å². The SMILES string of the molecule is COc1nccc2cc(C3CCNCC3)ccc12. The van der Waals surface area contributed by atoms with Gasteiger partial charge in [0.2, 0.25) is 5.88 Å². The molecule has 3 rings (SSSR count). The quantitative estimate of drug-likeness (QED) is 0.879. The molecular formula is C15H18N2O. The topological polar surface area (TPSA) is 34.1 Å². The minimum Gasteiger partial charge on any atom is -0.481 e. The highest BCUT2D eigenvalue weighted by Gasteiger charge is 2.15. The molecule has 1 aliphatic heterocycles. The number of pyridine rings is 1. The van der Waals surface area contributed by atoms with Gasteiger partial charge in [-0.25, -0.2) is 4.98 Å². The summed E-state index contributed by atoms with van der Waals surface area (Å²) >= 11 is 0. The number of nitrogens with one attached hydrogen (secondary N) is 1. The van der Waals surface area contributed by atoms with Gasteiger partial charge in [-0.15, -0.1) is 0 Å². The summed E-state index contributed by atoms with van der Waals surface area (Å²) in [5, 5.41) is 5.73. The molecule has 18 heavy (non-hydrogen) atoms. The fraction of sp³-hybridized carbons (Fsp3) is 0.400. The molecule has 2 heterocycles. The Morgan fingerprint density at radius 1 is 1.22 bits per heavy atom. The number of methoxy groups -OCH3 is 1. The minimum absolute atomic E-state index is 0.690. The second kappa shape index (κ2) is 4.94. The van der Waals surface area contributed by atoms with Crippen LogP contribution in [0.3, 0.4) is 0 Å². The summed E-state index contributed by atoms with van der Waals surface area (Å²) in [6.45, 7) is 2.25. The summed E-state index contributed by atoms with van der Waals surface area (Å²) in [7, 11) is 1.67. The molecule has 1 aromatic heterocycles. The average molecular weight is 242 g/mol. The molecule has 1 N–H and O–H groups in total. The van der Waals surface area contributed by atoms with Gasteiger partial charge >= 0.3 is 0 Å². The summed E-state index contributed by atoms with van der Waals surface area (Å²) in [6.07, 6.45) is 4.27. The van der Waals surface area contributed by atoms with Crippen LogP contribution in [0, 0.1) is 0 Å². The second-order valence-electron chi connectivity index (χ2n) is 4.83. The van der Waals surface area contributed by atoms with Gasteiger partial charge < -0.3 is 10.1 Å². The van der Waals surface area contributed by atoms with Crippen LogP contribution in [0.1, 0.15) is 24.3 Å². The first-order chi connectivity index (χ1) is 8.88. The molecule has 1 saturated heterocycles. The van der Waals surface area contributed by atoms with Crippen LogP contribution in [0.25, 0.3) is 10.8 Å². The normalized spacial score (nSPS) is 16.9. The molecule has 0 spiro atoms. The third kappa shape index (κ3) is 2.06. The van der Waals surface area contributed by atoms with Crippen LogP contribution < -0.4 is 10.1 Å². The lowest BCUT2D eigenvalue weighted by Crippen LogP contribution is -2.26. The lowest BCUT2D eigenvalue weighted by molar-refractivity contribution is 0.403. The van der Waals surface area contributed by atoms with E-state index >= 15 is 0 Å². The number of hydrogen-bond acceptors (Lipinski definition) is 3. The second-order valence-corrected chi connectivity index (χ2v) is 4.83. The van der Waals surface area contributed by atoms with Crippen molar-refractivity contribution < 1.29 is 4.74 Å². The first kappa shape index (κ1) is 11.5. The summed E-state index contributed by atoms with van der Waals surface area (Å²) in [4.78, 5) is 4.24. The molecular weight excluding hydrogens is 224 g/mol. The maximum absolute atomic E-state index is 5.29. The maximum atomic E-state index is 5.29. The number of hydrogen-bond donors (Lipinski definition) is 1. The van der Waals surface area contributed by atoms with E-state index in [1.165, 1.54) is 23.8 Å². The zero-order chi connectivity index (χ0) is 12.4. The Labute approximate surface area is 107 Å². The largest absolute Gasteiger partial charge is 0.481 e. The monoisotopic (exact) mass is 242 g/mol. The molecule has 0 amide bonds. The average Bonchev–Trinajstić information content (AvgIpc) is 2.47. The van der Waals surface area contributed by atoms with Crippen molar-refractivity contribution in [3.8, 4) is 5.88 Å². The van der Waals surface area contributed by atoms with Gasteiger partial charge in [-0.3, -0.25) is 0 Å². The standard InChI is InChI=1S/C15H18N2O/c1-18-15-14-3-2-12(10-13(14)6-9-17-15)11-4-7-16-8-5-11/h2-3,6,9-11,16H,4-5,7-8H2,1H3. The van der Waals surface area contributed by atoms with E-state index in [9.17, 15) is 0 Å². The van der Waals surface area contributed by atoms with Crippen molar-refractivity contribution in [1.29, 1.82) is 0 Å². The molecule has 1 fully saturated rings. The molecule has 0 radical (unpaired) electrons. The van der Waals surface area contributed by atoms with Crippen molar-refractivity contribution in [2.24, 2.45) is 0 Å². The van der Waals surface area contributed by atoms with Crippen molar-refractivity contribution in [3.63, 3.8) is 0 Å². The highest BCUT2D eigenvalue weighted by molar-refractivity contribution is 5.87. The summed E-state index contributed by atoms with van der Waals surface area (Å²) in [5.41, 5.74) is 1.44. The van der Waals surface area contributed by atoms with Crippen molar-refractivity contribution in [2.45, 2.75) is 18.8 Å². The van der Waals surface area contributed by atoms with Crippen LogP contribution in [-0.4, -0.2) is 25.2 Å². The van der Waals surface area contributed by atoms with Crippen LogP contribution >= 0.6 is 0 Å². The van der Waals surface area contributed by atoms with Gasteiger partial charge in [0.25, 0.3) is 0 Å². The molecule has 3 nitrogen and oxygen atoms in total. The Bertz CT molecular complexity index is 547. The zero-order valence-electron chi connectivity index (χ0n) is 10.6. The van der Waals surface area contributed by atoms with Crippen molar-refractivity contribution in [3.05, 3.63) is 36.0 Å². The van der Waals surface area contributed by atoms with E-state index in [2.05, 4.69) is 34.6 Å².